The number of para-hydroxylation sites is 1. The van der Waals surface area contributed by atoms with E-state index in [1.54, 1.807) is 0 Å². The van der Waals surface area contributed by atoms with Crippen molar-refractivity contribution in [2.45, 2.75) is 51.9 Å². The van der Waals surface area contributed by atoms with Crippen LogP contribution in [0.4, 0.5) is 0 Å². The summed E-state index contributed by atoms with van der Waals surface area (Å²) in [5.41, 5.74) is 1.10. The molecule has 0 aliphatic heterocycles. The second kappa shape index (κ2) is 9.95. The van der Waals surface area contributed by atoms with Crippen molar-refractivity contribution in [1.82, 2.24) is 0 Å². The highest BCUT2D eigenvalue weighted by atomic mass is 16.5. The first-order valence-corrected chi connectivity index (χ1v) is 7.20. The van der Waals surface area contributed by atoms with Crippen LogP contribution in [0.2, 0.25) is 0 Å². The van der Waals surface area contributed by atoms with Crippen LogP contribution in [-0.4, -0.2) is 18.3 Å². The van der Waals surface area contributed by atoms with Gasteiger partial charge in [0.2, 0.25) is 0 Å². The molecule has 0 amide bonds. The molecule has 18 heavy (non-hydrogen) atoms. The van der Waals surface area contributed by atoms with E-state index in [0.29, 0.717) is 6.42 Å². The minimum atomic E-state index is 0.178. The Morgan fingerprint density at radius 3 is 2.50 bits per heavy atom. The molecular formula is C16H26O2. The molecule has 0 spiro atoms. The van der Waals surface area contributed by atoms with E-state index >= 15 is 0 Å². The van der Waals surface area contributed by atoms with Crippen molar-refractivity contribution in [3.63, 3.8) is 0 Å². The number of aliphatic hydroxyl groups excluding tert-OH is 1. The van der Waals surface area contributed by atoms with Crippen LogP contribution in [0.5, 0.6) is 5.75 Å². The zero-order valence-electron chi connectivity index (χ0n) is 11.5. The van der Waals surface area contributed by atoms with Gasteiger partial charge in [0.1, 0.15) is 5.75 Å². The normalized spacial score (nSPS) is 10.6. The summed E-state index contributed by atoms with van der Waals surface area (Å²) in [4.78, 5) is 0. The minimum Gasteiger partial charge on any atom is -0.493 e. The van der Waals surface area contributed by atoms with E-state index in [1.165, 1.54) is 32.1 Å². The first-order chi connectivity index (χ1) is 8.88. The third kappa shape index (κ3) is 6.06. The molecule has 0 heterocycles. The summed E-state index contributed by atoms with van der Waals surface area (Å²) in [5, 5.41) is 8.98. The van der Waals surface area contributed by atoms with Crippen LogP contribution in [0.3, 0.4) is 0 Å². The molecule has 2 heteroatoms. The van der Waals surface area contributed by atoms with Gasteiger partial charge < -0.3 is 9.84 Å². The zero-order chi connectivity index (χ0) is 13.1. The van der Waals surface area contributed by atoms with Crippen LogP contribution >= 0.6 is 0 Å². The van der Waals surface area contributed by atoms with Crippen LogP contribution in [-0.2, 0) is 6.42 Å². The van der Waals surface area contributed by atoms with Crippen molar-refractivity contribution in [3.8, 4) is 5.75 Å². The quantitative estimate of drug-likeness (QED) is 0.637. The Bertz CT molecular complexity index is 310. The smallest absolute Gasteiger partial charge is 0.122 e. The molecule has 0 bridgehead atoms. The fourth-order valence-corrected chi connectivity index (χ4v) is 2.04. The molecule has 1 rings (SSSR count). The predicted octanol–water partition coefficient (Wildman–Crippen LogP) is 3.96. The highest BCUT2D eigenvalue weighted by Crippen LogP contribution is 2.18. The van der Waals surface area contributed by atoms with Crippen LogP contribution in [0.25, 0.3) is 0 Å². The molecule has 0 fully saturated rings. The molecule has 0 saturated carbocycles. The van der Waals surface area contributed by atoms with Crippen molar-refractivity contribution in [3.05, 3.63) is 29.8 Å². The lowest BCUT2D eigenvalue weighted by atomic mass is 10.1. The molecule has 0 radical (unpaired) electrons. The van der Waals surface area contributed by atoms with E-state index < -0.39 is 0 Å². The van der Waals surface area contributed by atoms with Crippen molar-refractivity contribution < 1.29 is 9.84 Å². The molecule has 0 aliphatic rings. The lowest BCUT2D eigenvalue weighted by molar-refractivity contribution is 0.284. The van der Waals surface area contributed by atoms with E-state index in [4.69, 9.17) is 9.84 Å². The van der Waals surface area contributed by atoms with Crippen LogP contribution < -0.4 is 4.74 Å². The number of ether oxygens (including phenoxy) is 1. The molecule has 2 nitrogen and oxygen atoms in total. The first kappa shape index (κ1) is 15.0. The van der Waals surface area contributed by atoms with Gasteiger partial charge in [0.15, 0.2) is 0 Å². The van der Waals surface area contributed by atoms with E-state index in [1.807, 2.05) is 24.3 Å². The highest BCUT2D eigenvalue weighted by Gasteiger charge is 2.01. The Balaban J connectivity index is 2.18. The zero-order valence-corrected chi connectivity index (χ0v) is 11.5. The minimum absolute atomic E-state index is 0.178. The molecule has 0 aromatic heterocycles. The average Bonchev–Trinajstić information content (AvgIpc) is 2.40. The summed E-state index contributed by atoms with van der Waals surface area (Å²) < 4.78 is 5.79. The number of aliphatic hydroxyl groups is 1. The van der Waals surface area contributed by atoms with E-state index in [0.717, 1.165) is 24.3 Å². The van der Waals surface area contributed by atoms with Crippen molar-refractivity contribution in [2.75, 3.05) is 13.2 Å². The van der Waals surface area contributed by atoms with Gasteiger partial charge in [0.25, 0.3) is 0 Å². The lowest BCUT2D eigenvalue weighted by Crippen LogP contribution is -2.01. The van der Waals surface area contributed by atoms with Gasteiger partial charge >= 0.3 is 0 Å². The first-order valence-electron chi connectivity index (χ1n) is 7.20. The Hall–Kier alpha value is -1.02. The van der Waals surface area contributed by atoms with Crippen molar-refractivity contribution >= 4 is 0 Å². The van der Waals surface area contributed by atoms with Gasteiger partial charge in [-0.15, -0.1) is 0 Å². The second-order valence-electron chi connectivity index (χ2n) is 4.70. The standard InChI is InChI=1S/C16H26O2/c1-2-3-4-5-6-9-14-18-16-11-8-7-10-15(16)12-13-17/h7-8,10-11,17H,2-6,9,12-14H2,1H3. The van der Waals surface area contributed by atoms with Crippen molar-refractivity contribution in [1.29, 1.82) is 0 Å². The molecular weight excluding hydrogens is 224 g/mol. The predicted molar refractivity (Wildman–Crippen MR) is 76.1 cm³/mol. The number of hydrogen-bond donors (Lipinski definition) is 1. The number of benzene rings is 1. The maximum Gasteiger partial charge on any atom is 0.122 e. The average molecular weight is 250 g/mol. The topological polar surface area (TPSA) is 29.5 Å². The maximum atomic E-state index is 8.98. The molecule has 0 aliphatic carbocycles. The molecule has 0 saturated heterocycles. The Kier molecular flexibility index (Phi) is 8.32. The van der Waals surface area contributed by atoms with Gasteiger partial charge in [-0.1, -0.05) is 57.2 Å². The number of unbranched alkanes of at least 4 members (excludes halogenated alkanes) is 5. The summed E-state index contributed by atoms with van der Waals surface area (Å²) in [6, 6.07) is 7.98. The Morgan fingerprint density at radius 1 is 1.00 bits per heavy atom. The lowest BCUT2D eigenvalue weighted by Gasteiger charge is -2.10. The summed E-state index contributed by atoms with van der Waals surface area (Å²) in [6.07, 6.45) is 8.35. The number of hydrogen-bond acceptors (Lipinski definition) is 2. The fraction of sp³-hybridized carbons (Fsp3) is 0.625. The van der Waals surface area contributed by atoms with Gasteiger partial charge in [-0.25, -0.2) is 0 Å². The maximum absolute atomic E-state index is 8.98. The molecule has 102 valence electrons. The Morgan fingerprint density at radius 2 is 1.72 bits per heavy atom. The van der Waals surface area contributed by atoms with Gasteiger partial charge in [-0.3, -0.25) is 0 Å². The van der Waals surface area contributed by atoms with Gasteiger partial charge in [-0.05, 0) is 24.5 Å². The summed E-state index contributed by atoms with van der Waals surface area (Å²) >= 11 is 0. The van der Waals surface area contributed by atoms with Crippen LogP contribution in [0.1, 0.15) is 51.0 Å². The largest absolute Gasteiger partial charge is 0.493 e. The molecule has 0 atom stereocenters. The van der Waals surface area contributed by atoms with E-state index in [2.05, 4.69) is 6.92 Å². The highest BCUT2D eigenvalue weighted by molar-refractivity contribution is 5.33. The van der Waals surface area contributed by atoms with Gasteiger partial charge in [0.05, 0.1) is 6.61 Å². The molecule has 1 aromatic rings. The van der Waals surface area contributed by atoms with Crippen LogP contribution in [0, 0.1) is 0 Å². The Labute approximate surface area is 111 Å². The van der Waals surface area contributed by atoms with E-state index in [-0.39, 0.29) is 6.61 Å². The van der Waals surface area contributed by atoms with Gasteiger partial charge in [-0.2, -0.15) is 0 Å². The fourth-order valence-electron chi connectivity index (χ4n) is 2.04. The monoisotopic (exact) mass is 250 g/mol. The molecule has 1 aromatic carbocycles. The molecule has 1 N–H and O–H groups in total. The number of rotatable bonds is 10. The third-order valence-electron chi connectivity index (χ3n) is 3.11. The van der Waals surface area contributed by atoms with Gasteiger partial charge in [0, 0.05) is 6.61 Å². The third-order valence-corrected chi connectivity index (χ3v) is 3.11. The SMILES string of the molecule is CCCCCCCCOc1ccccc1CCO. The van der Waals surface area contributed by atoms with Crippen LogP contribution in [0.15, 0.2) is 24.3 Å². The molecule has 0 unspecified atom stereocenters. The summed E-state index contributed by atoms with van der Waals surface area (Å²) in [5.74, 6) is 0.931. The van der Waals surface area contributed by atoms with E-state index in [9.17, 15) is 0 Å². The summed E-state index contributed by atoms with van der Waals surface area (Å²) in [7, 11) is 0. The van der Waals surface area contributed by atoms with Crippen molar-refractivity contribution in [2.24, 2.45) is 0 Å². The summed E-state index contributed by atoms with van der Waals surface area (Å²) in [6.45, 7) is 3.20. The second-order valence-corrected chi connectivity index (χ2v) is 4.70.